The van der Waals surface area contributed by atoms with Crippen LogP contribution in [-0.4, -0.2) is 43.4 Å². The summed E-state index contributed by atoms with van der Waals surface area (Å²) in [6, 6.07) is 27.2. The van der Waals surface area contributed by atoms with E-state index in [2.05, 4.69) is 43.2 Å². The number of hydrogen-bond donors (Lipinski definition) is 3. The van der Waals surface area contributed by atoms with Crippen molar-refractivity contribution in [2.24, 2.45) is 0 Å². The highest BCUT2D eigenvalue weighted by atomic mass is 35.5. The van der Waals surface area contributed by atoms with E-state index in [1.54, 1.807) is 24.8 Å². The monoisotopic (exact) mass is 690 g/mol. The largest absolute Gasteiger partial charge is 0.301 e. The van der Waals surface area contributed by atoms with Crippen LogP contribution < -0.4 is 10.6 Å². The normalized spacial score (nSPS) is 10.0. The van der Waals surface area contributed by atoms with E-state index < -0.39 is 0 Å². The molecule has 0 aliphatic rings. The molecule has 8 nitrogen and oxygen atoms in total. The van der Waals surface area contributed by atoms with Gasteiger partial charge in [0.15, 0.2) is 10.3 Å². The van der Waals surface area contributed by atoms with Crippen LogP contribution in [0.25, 0.3) is 22.5 Å². The van der Waals surface area contributed by atoms with Gasteiger partial charge < -0.3 is 10.6 Å². The minimum absolute atomic E-state index is 0.0514. The Kier molecular flexibility index (Phi) is 14.0. The summed E-state index contributed by atoms with van der Waals surface area (Å²) in [5.41, 5.74) is 3.62. The highest BCUT2D eigenvalue weighted by Crippen LogP contribution is 2.25. The zero-order valence-electron chi connectivity index (χ0n) is 23.6. The van der Waals surface area contributed by atoms with Gasteiger partial charge in [0.2, 0.25) is 11.8 Å². The summed E-state index contributed by atoms with van der Waals surface area (Å²) in [4.78, 5) is 41.7. The third-order valence-electron chi connectivity index (χ3n) is 5.44. The topological polar surface area (TPSA) is 110 Å². The number of pyridine rings is 2. The molecule has 0 unspecified atom stereocenters. The van der Waals surface area contributed by atoms with Crippen LogP contribution >= 0.6 is 58.7 Å². The van der Waals surface area contributed by atoms with Gasteiger partial charge in [-0.3, -0.25) is 19.6 Å². The third kappa shape index (κ3) is 12.1. The number of nitrogens with zero attached hydrogens (tertiary/aromatic N) is 4. The first-order valence-corrected chi connectivity index (χ1v) is 17.0. The summed E-state index contributed by atoms with van der Waals surface area (Å²) in [5.74, 6) is 0.0000119. The van der Waals surface area contributed by atoms with Crippen molar-refractivity contribution in [3.8, 4) is 22.5 Å². The van der Waals surface area contributed by atoms with E-state index in [9.17, 15) is 9.59 Å². The van der Waals surface area contributed by atoms with Crippen LogP contribution in [0.2, 0.25) is 0 Å². The van der Waals surface area contributed by atoms with E-state index >= 15 is 0 Å². The smallest absolute Gasteiger partial charge is 0.241 e. The molecule has 0 aliphatic carbocycles. The Morgan fingerprint density at radius 2 is 1.16 bits per heavy atom. The number of rotatable bonds is 8. The van der Waals surface area contributed by atoms with Gasteiger partial charge in [-0.1, -0.05) is 36.4 Å². The lowest BCUT2D eigenvalue weighted by Crippen LogP contribution is -2.13. The van der Waals surface area contributed by atoms with E-state index in [1.165, 1.54) is 34.4 Å². The number of thiazole rings is 2. The fourth-order valence-electron chi connectivity index (χ4n) is 3.37. The minimum atomic E-state index is -0.253. The second kappa shape index (κ2) is 18.7. The molecule has 0 saturated heterocycles. The van der Waals surface area contributed by atoms with Gasteiger partial charge in [-0.05, 0) is 48.5 Å². The quantitative estimate of drug-likeness (QED) is 0.0838. The Morgan fingerprint density at radius 1 is 0.689 bits per heavy atom. The molecule has 4 aromatic heterocycles. The number of alkyl halides is 1. The van der Waals surface area contributed by atoms with Crippen LogP contribution in [0, 0.1) is 0 Å². The lowest BCUT2D eigenvalue weighted by molar-refractivity contribution is -0.114. The molecule has 0 saturated carbocycles. The molecule has 0 aliphatic heterocycles. The van der Waals surface area contributed by atoms with E-state index in [-0.39, 0.29) is 17.7 Å². The zero-order valence-corrected chi connectivity index (χ0v) is 27.7. The molecule has 6 aromatic rings. The zero-order chi connectivity index (χ0) is 31.7. The molecule has 6 rings (SSSR count). The maximum absolute atomic E-state index is 12.0. The molecule has 0 spiro atoms. The first-order chi connectivity index (χ1) is 22.0. The lowest BCUT2D eigenvalue weighted by Gasteiger charge is -2.02. The second-order valence-corrected chi connectivity index (χ2v) is 12.3. The summed E-state index contributed by atoms with van der Waals surface area (Å²) in [6.45, 7) is 0. The van der Waals surface area contributed by atoms with Gasteiger partial charge >= 0.3 is 0 Å². The number of thioether (sulfide) groups is 1. The van der Waals surface area contributed by atoms with Crippen LogP contribution in [0.15, 0.2) is 130 Å². The van der Waals surface area contributed by atoms with Crippen molar-refractivity contribution in [2.45, 2.75) is 9.79 Å². The number of anilines is 2. The van der Waals surface area contributed by atoms with Crippen molar-refractivity contribution < 1.29 is 9.59 Å². The minimum Gasteiger partial charge on any atom is -0.301 e. The average molecular weight is 691 g/mol. The highest BCUT2D eigenvalue weighted by Gasteiger charge is 2.09. The van der Waals surface area contributed by atoms with Gasteiger partial charge in [-0.25, -0.2) is 9.97 Å². The summed E-state index contributed by atoms with van der Waals surface area (Å²) < 4.78 is 0. The molecule has 0 radical (unpaired) electrons. The third-order valence-corrected chi connectivity index (χ3v) is 8.51. The molecule has 0 bridgehead atoms. The molecule has 4 heterocycles. The number of halogens is 1. The van der Waals surface area contributed by atoms with E-state index in [0.717, 1.165) is 32.3 Å². The number of carbonyl (C=O) groups is 2. The molecule has 13 heteroatoms. The fraction of sp³-hybridized carbons (Fsp3) is 0.0625. The van der Waals surface area contributed by atoms with Crippen molar-refractivity contribution in [1.29, 1.82) is 0 Å². The molecule has 0 fully saturated rings. The maximum Gasteiger partial charge on any atom is 0.241 e. The van der Waals surface area contributed by atoms with E-state index in [4.69, 9.17) is 11.6 Å². The van der Waals surface area contributed by atoms with Crippen molar-refractivity contribution >= 4 is 80.7 Å². The van der Waals surface area contributed by atoms with Gasteiger partial charge in [0, 0.05) is 56.5 Å². The molecule has 2 N–H and O–H groups in total. The number of aromatic nitrogens is 4. The molecular weight excluding hydrogens is 664 g/mol. The van der Waals surface area contributed by atoms with Crippen molar-refractivity contribution in [3.05, 3.63) is 120 Å². The molecule has 2 amide bonds. The van der Waals surface area contributed by atoms with Gasteiger partial charge in [-0.15, -0.1) is 58.7 Å². The number of hydrogen-bond acceptors (Lipinski definition) is 10. The van der Waals surface area contributed by atoms with E-state index in [1.807, 2.05) is 95.7 Å². The summed E-state index contributed by atoms with van der Waals surface area (Å²) in [7, 11) is 0. The van der Waals surface area contributed by atoms with Gasteiger partial charge in [-0.2, -0.15) is 0 Å². The standard InChI is InChI=1S/C16H13N3OS2.C10H8ClN3OS.C6H6S/c20-15(11-21-13-4-2-1-3-5-13)19-16-18-14(10-22-16)12-6-8-17-9-7-12;11-5-9(15)14-10-13-8(6-16-10)7-1-3-12-4-2-7;7-6-4-2-1-3-5-6/h1-10H,11H2,(H,18,19,20);1-4,6H,5H2,(H,13,14,15);1-5,7H. The summed E-state index contributed by atoms with van der Waals surface area (Å²) >= 11 is 13.8. The molecular formula is C32H27ClN6O2S4. The van der Waals surface area contributed by atoms with Gasteiger partial charge in [0.05, 0.1) is 17.1 Å². The maximum atomic E-state index is 12.0. The van der Waals surface area contributed by atoms with Crippen LogP contribution in [0.3, 0.4) is 0 Å². The highest BCUT2D eigenvalue weighted by molar-refractivity contribution is 8.00. The molecule has 45 heavy (non-hydrogen) atoms. The number of nitrogens with one attached hydrogen (secondary N) is 2. The fourth-order valence-corrected chi connectivity index (χ4v) is 5.80. The molecule has 0 atom stereocenters. The van der Waals surface area contributed by atoms with E-state index in [0.29, 0.717) is 16.0 Å². The van der Waals surface area contributed by atoms with Crippen LogP contribution in [0.5, 0.6) is 0 Å². The summed E-state index contributed by atoms with van der Waals surface area (Å²) in [5, 5.41) is 10.4. The van der Waals surface area contributed by atoms with Crippen molar-refractivity contribution in [2.75, 3.05) is 22.3 Å². The Bertz CT molecular complexity index is 1740. The Balaban J connectivity index is 0.000000174. The number of thiol groups is 1. The van der Waals surface area contributed by atoms with Crippen LogP contribution in [-0.2, 0) is 9.59 Å². The first-order valence-electron chi connectivity index (χ1n) is 13.3. The predicted octanol–water partition coefficient (Wildman–Crippen LogP) is 8.29. The molecule has 2 aromatic carbocycles. The van der Waals surface area contributed by atoms with Gasteiger partial charge in [0.1, 0.15) is 5.88 Å². The van der Waals surface area contributed by atoms with Gasteiger partial charge in [0.25, 0.3) is 0 Å². The SMILES string of the molecule is O=C(CCl)Nc1nc(-c2ccncc2)cs1.O=C(CSc1ccccc1)Nc1nc(-c2ccncc2)cs1.Sc1ccccc1. The average Bonchev–Trinajstić information content (AvgIpc) is 3.76. The van der Waals surface area contributed by atoms with Crippen molar-refractivity contribution in [3.63, 3.8) is 0 Å². The van der Waals surface area contributed by atoms with Crippen LogP contribution in [0.4, 0.5) is 10.3 Å². The number of carbonyl (C=O) groups excluding carboxylic acids is 2. The number of amides is 2. The number of benzene rings is 2. The summed E-state index contributed by atoms with van der Waals surface area (Å²) in [6.07, 6.45) is 6.85. The van der Waals surface area contributed by atoms with Crippen molar-refractivity contribution in [1.82, 2.24) is 19.9 Å². The second-order valence-electron chi connectivity index (χ2n) is 8.71. The Labute approximate surface area is 283 Å². The lowest BCUT2D eigenvalue weighted by atomic mass is 10.2. The molecule has 228 valence electrons. The van der Waals surface area contributed by atoms with Crippen LogP contribution in [0.1, 0.15) is 0 Å². The predicted molar refractivity (Wildman–Crippen MR) is 190 cm³/mol. The Hall–Kier alpha value is -4.07. The first kappa shape index (κ1) is 33.8. The Morgan fingerprint density at radius 3 is 1.60 bits per heavy atom.